The van der Waals surface area contributed by atoms with Crippen molar-refractivity contribution in [3.05, 3.63) is 55.5 Å². The van der Waals surface area contributed by atoms with E-state index < -0.39 is 26.6 Å². The van der Waals surface area contributed by atoms with Crippen LogP contribution in [0.1, 0.15) is 31.8 Å². The van der Waals surface area contributed by atoms with Gasteiger partial charge in [-0.3, -0.25) is 14.1 Å². The van der Waals surface area contributed by atoms with Gasteiger partial charge in [-0.25, -0.2) is 0 Å². The SMILES string of the molecule is Nc1c(Br)cc(Br)c2c1C(=O)c1cc(S(=O)(=O)O)ccc1C2=O. The lowest BCUT2D eigenvalue weighted by Crippen LogP contribution is -2.23. The Bertz CT molecular complexity index is 1010. The fourth-order valence-corrected chi connectivity index (χ4v) is 4.28. The molecule has 9 heteroatoms. The summed E-state index contributed by atoms with van der Waals surface area (Å²) in [5.74, 6) is -1.04. The third-order valence-electron chi connectivity index (χ3n) is 3.50. The Balaban J connectivity index is 2.37. The summed E-state index contributed by atoms with van der Waals surface area (Å²) in [7, 11) is -4.49. The smallest absolute Gasteiger partial charge is 0.294 e. The number of fused-ring (bicyclic) bond motifs is 2. The average molecular weight is 461 g/mol. The van der Waals surface area contributed by atoms with Crippen LogP contribution in [0.4, 0.5) is 5.69 Å². The first-order valence-electron chi connectivity index (χ1n) is 6.11. The van der Waals surface area contributed by atoms with Gasteiger partial charge in [0.1, 0.15) is 0 Å². The van der Waals surface area contributed by atoms with E-state index in [1.54, 1.807) is 6.07 Å². The van der Waals surface area contributed by atoms with Crippen LogP contribution in [-0.2, 0) is 10.1 Å². The third-order valence-corrected chi connectivity index (χ3v) is 5.63. The normalized spacial score (nSPS) is 13.7. The van der Waals surface area contributed by atoms with E-state index in [1.165, 1.54) is 6.07 Å². The maximum absolute atomic E-state index is 12.7. The molecule has 2 aromatic rings. The van der Waals surface area contributed by atoms with Crippen LogP contribution < -0.4 is 5.73 Å². The van der Waals surface area contributed by atoms with Crippen LogP contribution in [0.5, 0.6) is 0 Å². The molecule has 0 saturated heterocycles. The van der Waals surface area contributed by atoms with E-state index in [1.807, 2.05) is 0 Å². The lowest BCUT2D eigenvalue weighted by atomic mass is 9.83. The highest BCUT2D eigenvalue weighted by molar-refractivity contribution is 9.11. The quantitative estimate of drug-likeness (QED) is 0.426. The number of nitrogen functional groups attached to an aromatic ring is 1. The highest BCUT2D eigenvalue weighted by atomic mass is 79.9. The summed E-state index contributed by atoms with van der Waals surface area (Å²) >= 11 is 6.44. The van der Waals surface area contributed by atoms with Crippen LogP contribution in [0.25, 0.3) is 0 Å². The molecule has 0 atom stereocenters. The zero-order valence-electron chi connectivity index (χ0n) is 11.1. The number of nitrogens with two attached hydrogens (primary N) is 1. The molecule has 118 valence electrons. The molecule has 23 heavy (non-hydrogen) atoms. The fourth-order valence-electron chi connectivity index (χ4n) is 2.43. The van der Waals surface area contributed by atoms with Crippen molar-refractivity contribution in [3.63, 3.8) is 0 Å². The van der Waals surface area contributed by atoms with E-state index in [0.717, 1.165) is 12.1 Å². The lowest BCUT2D eigenvalue weighted by Gasteiger charge is -2.21. The number of hydrogen-bond acceptors (Lipinski definition) is 5. The van der Waals surface area contributed by atoms with Crippen molar-refractivity contribution in [1.29, 1.82) is 0 Å². The van der Waals surface area contributed by atoms with Gasteiger partial charge in [0.25, 0.3) is 10.1 Å². The molecular weight excluding hydrogens is 454 g/mol. The molecule has 0 aromatic heterocycles. The number of halogens is 2. The first-order valence-corrected chi connectivity index (χ1v) is 9.14. The summed E-state index contributed by atoms with van der Waals surface area (Å²) < 4.78 is 32.4. The number of ketones is 2. The monoisotopic (exact) mass is 459 g/mol. The summed E-state index contributed by atoms with van der Waals surface area (Å²) in [5, 5.41) is 0. The molecule has 0 unspecified atom stereocenters. The molecule has 0 fully saturated rings. The second-order valence-corrected chi connectivity index (χ2v) is 7.97. The summed E-state index contributed by atoms with van der Waals surface area (Å²) in [6.45, 7) is 0. The van der Waals surface area contributed by atoms with Gasteiger partial charge in [-0.15, -0.1) is 0 Å². The van der Waals surface area contributed by atoms with E-state index in [-0.39, 0.29) is 27.9 Å². The first kappa shape index (κ1) is 16.3. The number of rotatable bonds is 1. The van der Waals surface area contributed by atoms with Crippen LogP contribution >= 0.6 is 31.9 Å². The molecule has 0 bridgehead atoms. The summed E-state index contributed by atoms with van der Waals surface area (Å²) in [5.41, 5.74) is 6.05. The standard InChI is InChI=1S/C14H7Br2NO5S/c15-8-4-9(16)12(17)11-10(8)13(18)6-2-1-5(23(20,21)22)3-7(6)14(11)19/h1-4H,17H2,(H,20,21,22). The average Bonchev–Trinajstić information content (AvgIpc) is 2.47. The second kappa shape index (κ2) is 5.23. The minimum absolute atomic E-state index is 0.00348. The highest BCUT2D eigenvalue weighted by Crippen LogP contribution is 2.39. The number of carbonyl (C=O) groups is 2. The van der Waals surface area contributed by atoms with E-state index in [4.69, 9.17) is 10.3 Å². The van der Waals surface area contributed by atoms with E-state index in [9.17, 15) is 18.0 Å². The second-order valence-electron chi connectivity index (χ2n) is 4.84. The topological polar surface area (TPSA) is 115 Å². The van der Waals surface area contributed by atoms with Gasteiger partial charge in [-0.1, -0.05) is 0 Å². The molecular formula is C14H7Br2NO5S. The summed E-state index contributed by atoms with van der Waals surface area (Å²) in [6, 6.07) is 4.81. The lowest BCUT2D eigenvalue weighted by molar-refractivity contribution is 0.0979. The van der Waals surface area contributed by atoms with Gasteiger partial charge in [-0.05, 0) is 56.1 Å². The molecule has 1 aliphatic carbocycles. The Morgan fingerprint density at radius 3 is 2.13 bits per heavy atom. The van der Waals surface area contributed by atoms with Gasteiger partial charge in [-0.2, -0.15) is 8.42 Å². The van der Waals surface area contributed by atoms with Crippen LogP contribution in [-0.4, -0.2) is 24.5 Å². The minimum atomic E-state index is -4.49. The van der Waals surface area contributed by atoms with Gasteiger partial charge in [0, 0.05) is 20.1 Å². The Morgan fingerprint density at radius 2 is 1.52 bits per heavy atom. The van der Waals surface area contributed by atoms with E-state index in [0.29, 0.717) is 8.95 Å². The molecule has 0 spiro atoms. The third kappa shape index (κ3) is 2.44. The predicted octanol–water partition coefficient (Wildman–Crippen LogP) is 2.82. The Kier molecular flexibility index (Phi) is 3.71. The fraction of sp³-hybridized carbons (Fsp3) is 0. The number of hydrogen-bond donors (Lipinski definition) is 2. The van der Waals surface area contributed by atoms with Gasteiger partial charge in [0.05, 0.1) is 21.7 Å². The van der Waals surface area contributed by atoms with E-state index in [2.05, 4.69) is 31.9 Å². The van der Waals surface area contributed by atoms with E-state index >= 15 is 0 Å². The number of anilines is 1. The molecule has 0 aliphatic heterocycles. The molecule has 3 N–H and O–H groups in total. The van der Waals surface area contributed by atoms with Crippen molar-refractivity contribution < 1.29 is 22.6 Å². The van der Waals surface area contributed by atoms with Crippen LogP contribution in [0.2, 0.25) is 0 Å². The van der Waals surface area contributed by atoms with Crippen LogP contribution in [0.15, 0.2) is 38.1 Å². The van der Waals surface area contributed by atoms with Crippen molar-refractivity contribution >= 4 is 59.2 Å². The predicted molar refractivity (Wildman–Crippen MR) is 89.4 cm³/mol. The molecule has 0 heterocycles. The molecule has 3 rings (SSSR count). The van der Waals surface area contributed by atoms with Crippen molar-refractivity contribution in [2.24, 2.45) is 0 Å². The first-order chi connectivity index (χ1) is 10.6. The molecule has 0 saturated carbocycles. The van der Waals surface area contributed by atoms with Crippen molar-refractivity contribution in [1.82, 2.24) is 0 Å². The molecule has 0 amide bonds. The Morgan fingerprint density at radius 1 is 0.913 bits per heavy atom. The maximum Gasteiger partial charge on any atom is 0.294 e. The molecule has 0 radical (unpaired) electrons. The highest BCUT2D eigenvalue weighted by Gasteiger charge is 2.34. The minimum Gasteiger partial charge on any atom is -0.397 e. The summed E-state index contributed by atoms with van der Waals surface area (Å²) in [6.07, 6.45) is 0. The van der Waals surface area contributed by atoms with Gasteiger partial charge in [0.15, 0.2) is 11.6 Å². The molecule has 1 aliphatic rings. The van der Waals surface area contributed by atoms with Crippen molar-refractivity contribution in [2.75, 3.05) is 5.73 Å². The maximum atomic E-state index is 12.7. The zero-order valence-corrected chi connectivity index (χ0v) is 15.1. The largest absolute Gasteiger partial charge is 0.397 e. The van der Waals surface area contributed by atoms with Crippen LogP contribution in [0.3, 0.4) is 0 Å². The van der Waals surface area contributed by atoms with Crippen molar-refractivity contribution in [2.45, 2.75) is 4.90 Å². The van der Waals surface area contributed by atoms with Crippen LogP contribution in [0, 0.1) is 0 Å². The number of carbonyl (C=O) groups excluding carboxylic acids is 2. The number of benzene rings is 2. The Hall–Kier alpha value is -1.55. The Labute approximate surface area is 147 Å². The van der Waals surface area contributed by atoms with Gasteiger partial charge >= 0.3 is 0 Å². The van der Waals surface area contributed by atoms with Crippen molar-refractivity contribution in [3.8, 4) is 0 Å². The zero-order chi connectivity index (χ0) is 17.1. The van der Waals surface area contributed by atoms with Gasteiger partial charge < -0.3 is 5.73 Å². The molecule has 6 nitrogen and oxygen atoms in total. The summed E-state index contributed by atoms with van der Waals surface area (Å²) in [4.78, 5) is 24.9. The van der Waals surface area contributed by atoms with Gasteiger partial charge in [0.2, 0.25) is 0 Å². The molecule has 2 aromatic carbocycles.